The zero-order chi connectivity index (χ0) is 9.73. The Morgan fingerprint density at radius 2 is 2.23 bits per heavy atom. The van der Waals surface area contributed by atoms with E-state index in [0.717, 1.165) is 6.54 Å². The lowest BCUT2D eigenvalue weighted by Crippen LogP contribution is -2.38. The zero-order valence-corrected chi connectivity index (χ0v) is 9.58. The van der Waals surface area contributed by atoms with Crippen LogP contribution in [-0.4, -0.2) is 5.54 Å². The number of rotatable bonds is 5. The molecular weight excluding hydrogens is 178 g/mol. The lowest BCUT2D eigenvalue weighted by molar-refractivity contribution is 0.358. The van der Waals surface area contributed by atoms with Crippen molar-refractivity contribution in [2.24, 2.45) is 0 Å². The summed E-state index contributed by atoms with van der Waals surface area (Å²) in [6.07, 6.45) is 2.48. The monoisotopic (exact) mass is 197 g/mol. The Labute approximate surface area is 85.2 Å². The third-order valence-electron chi connectivity index (χ3n) is 2.20. The third kappa shape index (κ3) is 3.92. The molecular formula is C11H19NS. The second-order valence-electron chi connectivity index (χ2n) is 4.07. The highest BCUT2D eigenvalue weighted by atomic mass is 32.1. The average molecular weight is 197 g/mol. The van der Waals surface area contributed by atoms with Crippen molar-refractivity contribution in [3.63, 3.8) is 0 Å². The first kappa shape index (κ1) is 10.7. The highest BCUT2D eigenvalue weighted by Crippen LogP contribution is 2.14. The summed E-state index contributed by atoms with van der Waals surface area (Å²) in [5.41, 5.74) is 0.277. The first-order valence-corrected chi connectivity index (χ1v) is 5.79. The van der Waals surface area contributed by atoms with E-state index in [1.807, 2.05) is 11.3 Å². The molecule has 0 spiro atoms. The van der Waals surface area contributed by atoms with Crippen molar-refractivity contribution in [1.82, 2.24) is 5.32 Å². The fraction of sp³-hybridized carbons (Fsp3) is 0.636. The molecule has 0 saturated heterocycles. The van der Waals surface area contributed by atoms with Crippen LogP contribution in [0.3, 0.4) is 0 Å². The van der Waals surface area contributed by atoms with Gasteiger partial charge in [-0.15, -0.1) is 11.3 Å². The van der Waals surface area contributed by atoms with Crippen molar-refractivity contribution in [2.75, 3.05) is 0 Å². The minimum Gasteiger partial charge on any atom is -0.307 e. The number of hydrogen-bond acceptors (Lipinski definition) is 2. The minimum absolute atomic E-state index is 0.277. The first-order valence-electron chi connectivity index (χ1n) is 4.91. The van der Waals surface area contributed by atoms with Crippen LogP contribution in [0.25, 0.3) is 0 Å². The van der Waals surface area contributed by atoms with Crippen molar-refractivity contribution in [3.05, 3.63) is 22.4 Å². The molecule has 2 heteroatoms. The Bertz CT molecular complexity index is 226. The molecule has 1 N–H and O–H groups in total. The number of hydrogen-bond donors (Lipinski definition) is 1. The number of nitrogens with one attached hydrogen (secondary N) is 1. The third-order valence-corrected chi connectivity index (χ3v) is 3.07. The van der Waals surface area contributed by atoms with E-state index in [2.05, 4.69) is 43.6 Å². The van der Waals surface area contributed by atoms with E-state index in [1.165, 1.54) is 17.7 Å². The molecule has 74 valence electrons. The predicted molar refractivity (Wildman–Crippen MR) is 60.1 cm³/mol. The predicted octanol–water partition coefficient (Wildman–Crippen LogP) is 3.42. The lowest BCUT2D eigenvalue weighted by Gasteiger charge is -2.25. The lowest BCUT2D eigenvalue weighted by atomic mass is 9.99. The van der Waals surface area contributed by atoms with Gasteiger partial charge in [-0.3, -0.25) is 0 Å². The van der Waals surface area contributed by atoms with Gasteiger partial charge in [0.1, 0.15) is 0 Å². The van der Waals surface area contributed by atoms with Crippen LogP contribution in [0.1, 0.15) is 38.5 Å². The van der Waals surface area contributed by atoms with Gasteiger partial charge in [-0.1, -0.05) is 19.4 Å². The van der Waals surface area contributed by atoms with Crippen LogP contribution in [0.4, 0.5) is 0 Å². The maximum Gasteiger partial charge on any atom is 0.0304 e. The van der Waals surface area contributed by atoms with Gasteiger partial charge in [0, 0.05) is 17.0 Å². The summed E-state index contributed by atoms with van der Waals surface area (Å²) in [5, 5.41) is 5.70. The highest BCUT2D eigenvalue weighted by molar-refractivity contribution is 7.09. The van der Waals surface area contributed by atoms with Gasteiger partial charge >= 0.3 is 0 Å². The molecule has 13 heavy (non-hydrogen) atoms. The molecule has 0 aliphatic heterocycles. The molecule has 0 aromatic carbocycles. The Kier molecular flexibility index (Phi) is 3.94. The largest absolute Gasteiger partial charge is 0.307 e. The van der Waals surface area contributed by atoms with Gasteiger partial charge in [0.15, 0.2) is 0 Å². The molecule has 1 heterocycles. The second-order valence-corrected chi connectivity index (χ2v) is 5.10. The van der Waals surface area contributed by atoms with Gasteiger partial charge in [-0.2, -0.15) is 0 Å². The van der Waals surface area contributed by atoms with Gasteiger partial charge in [-0.25, -0.2) is 0 Å². The fourth-order valence-electron chi connectivity index (χ4n) is 1.45. The molecule has 0 radical (unpaired) electrons. The summed E-state index contributed by atoms with van der Waals surface area (Å²) in [5.74, 6) is 0. The minimum atomic E-state index is 0.277. The van der Waals surface area contributed by atoms with Crippen molar-refractivity contribution >= 4 is 11.3 Å². The summed E-state index contributed by atoms with van der Waals surface area (Å²) in [4.78, 5) is 1.42. The maximum atomic E-state index is 3.57. The van der Waals surface area contributed by atoms with Crippen LogP contribution >= 0.6 is 11.3 Å². The van der Waals surface area contributed by atoms with Crippen LogP contribution in [0, 0.1) is 0 Å². The molecule has 0 amide bonds. The van der Waals surface area contributed by atoms with Crippen molar-refractivity contribution < 1.29 is 0 Å². The highest BCUT2D eigenvalue weighted by Gasteiger charge is 2.14. The van der Waals surface area contributed by atoms with Crippen LogP contribution in [-0.2, 0) is 6.54 Å². The Morgan fingerprint density at radius 3 is 2.77 bits per heavy atom. The SMILES string of the molecule is CCCC(C)(C)NCc1cccs1. The molecule has 0 saturated carbocycles. The normalized spacial score (nSPS) is 11.9. The topological polar surface area (TPSA) is 12.0 Å². The maximum absolute atomic E-state index is 3.57. The van der Waals surface area contributed by atoms with E-state index in [-0.39, 0.29) is 5.54 Å². The smallest absolute Gasteiger partial charge is 0.0304 e. The van der Waals surface area contributed by atoms with Gasteiger partial charge < -0.3 is 5.32 Å². The zero-order valence-electron chi connectivity index (χ0n) is 8.76. The van der Waals surface area contributed by atoms with Crippen LogP contribution in [0.2, 0.25) is 0 Å². The summed E-state index contributed by atoms with van der Waals surface area (Å²) in [7, 11) is 0. The quantitative estimate of drug-likeness (QED) is 0.762. The van der Waals surface area contributed by atoms with E-state index >= 15 is 0 Å². The van der Waals surface area contributed by atoms with Crippen molar-refractivity contribution in [1.29, 1.82) is 0 Å². The summed E-state index contributed by atoms with van der Waals surface area (Å²) >= 11 is 1.82. The number of thiophene rings is 1. The van der Waals surface area contributed by atoms with E-state index in [1.54, 1.807) is 0 Å². The second kappa shape index (κ2) is 4.77. The van der Waals surface area contributed by atoms with E-state index in [9.17, 15) is 0 Å². The fourth-order valence-corrected chi connectivity index (χ4v) is 2.10. The summed E-state index contributed by atoms with van der Waals surface area (Å²) in [6.45, 7) is 7.77. The molecule has 1 rings (SSSR count). The Morgan fingerprint density at radius 1 is 1.46 bits per heavy atom. The molecule has 0 aliphatic rings. The molecule has 0 bridgehead atoms. The average Bonchev–Trinajstić information content (AvgIpc) is 2.52. The molecule has 1 nitrogen and oxygen atoms in total. The molecule has 0 atom stereocenters. The molecule has 0 unspecified atom stereocenters. The van der Waals surface area contributed by atoms with E-state index in [4.69, 9.17) is 0 Å². The van der Waals surface area contributed by atoms with Crippen LogP contribution in [0.5, 0.6) is 0 Å². The van der Waals surface area contributed by atoms with Crippen LogP contribution < -0.4 is 5.32 Å². The molecule has 0 fully saturated rings. The first-order chi connectivity index (χ1) is 6.14. The Hall–Kier alpha value is -0.340. The molecule has 1 aromatic rings. The van der Waals surface area contributed by atoms with Crippen molar-refractivity contribution in [3.8, 4) is 0 Å². The van der Waals surface area contributed by atoms with Gasteiger partial charge in [0.25, 0.3) is 0 Å². The molecule has 0 aliphatic carbocycles. The summed E-state index contributed by atoms with van der Waals surface area (Å²) in [6, 6.07) is 4.29. The van der Waals surface area contributed by atoms with Gasteiger partial charge in [-0.05, 0) is 31.7 Å². The van der Waals surface area contributed by atoms with Crippen molar-refractivity contribution in [2.45, 2.75) is 45.7 Å². The van der Waals surface area contributed by atoms with E-state index < -0.39 is 0 Å². The van der Waals surface area contributed by atoms with Gasteiger partial charge in [0.05, 0.1) is 0 Å². The Balaban J connectivity index is 2.33. The molecule has 1 aromatic heterocycles. The van der Waals surface area contributed by atoms with Gasteiger partial charge in [0.2, 0.25) is 0 Å². The summed E-state index contributed by atoms with van der Waals surface area (Å²) < 4.78 is 0. The van der Waals surface area contributed by atoms with Crippen LogP contribution in [0.15, 0.2) is 17.5 Å². The standard InChI is InChI=1S/C11H19NS/c1-4-7-11(2,3)12-9-10-6-5-8-13-10/h5-6,8,12H,4,7,9H2,1-3H3. The van der Waals surface area contributed by atoms with E-state index in [0.29, 0.717) is 0 Å².